The lowest BCUT2D eigenvalue weighted by Crippen LogP contribution is -2.30. The van der Waals surface area contributed by atoms with Crippen molar-refractivity contribution in [2.75, 3.05) is 20.6 Å². The molecular formula is C29H32N2O2. The summed E-state index contributed by atoms with van der Waals surface area (Å²) in [4.78, 5) is 14.3. The Morgan fingerprint density at radius 1 is 0.970 bits per heavy atom. The molecule has 0 aromatic heterocycles. The normalized spacial score (nSPS) is 13.5. The Kier molecular flexibility index (Phi) is 7.26. The number of amides is 1. The van der Waals surface area contributed by atoms with Crippen LogP contribution in [0.1, 0.15) is 59.5 Å². The maximum Gasteiger partial charge on any atom is 0.414 e. The van der Waals surface area contributed by atoms with Crippen molar-refractivity contribution < 1.29 is 9.53 Å². The summed E-state index contributed by atoms with van der Waals surface area (Å²) >= 11 is 0. The van der Waals surface area contributed by atoms with Crippen LogP contribution >= 0.6 is 0 Å². The Balaban J connectivity index is 1.40. The molecule has 0 saturated carbocycles. The number of rotatable bonds is 7. The molecule has 0 radical (unpaired) electrons. The summed E-state index contributed by atoms with van der Waals surface area (Å²) < 4.78 is 5.64. The standard InChI is InChI=1S/C29H32N2O2/c1-21(30-2)24-12-8-13-25(20-24)33-29(32)31(3)19-9-16-28-26-14-6-4-10-22(26)17-18-23-11-5-7-15-27(23)28/h4-8,10-15,17-18,20-21,28,30H,9,16,19H2,1-3H3. The Morgan fingerprint density at radius 3 is 2.24 bits per heavy atom. The van der Waals surface area contributed by atoms with Crippen LogP contribution in [-0.4, -0.2) is 31.6 Å². The van der Waals surface area contributed by atoms with Gasteiger partial charge in [0.15, 0.2) is 0 Å². The van der Waals surface area contributed by atoms with E-state index in [1.807, 2.05) is 31.3 Å². The molecule has 1 aliphatic carbocycles. The van der Waals surface area contributed by atoms with E-state index < -0.39 is 0 Å². The third-order valence-corrected chi connectivity index (χ3v) is 6.48. The summed E-state index contributed by atoms with van der Waals surface area (Å²) in [6.07, 6.45) is 5.94. The molecule has 0 bridgehead atoms. The van der Waals surface area contributed by atoms with Crippen LogP contribution in [0.5, 0.6) is 5.75 Å². The molecule has 1 unspecified atom stereocenters. The number of nitrogens with zero attached hydrogens (tertiary/aromatic N) is 1. The molecule has 1 aliphatic rings. The van der Waals surface area contributed by atoms with Gasteiger partial charge in [0.1, 0.15) is 5.75 Å². The highest BCUT2D eigenvalue weighted by Gasteiger charge is 2.21. The van der Waals surface area contributed by atoms with Gasteiger partial charge < -0.3 is 15.0 Å². The highest BCUT2D eigenvalue weighted by Crippen LogP contribution is 2.37. The van der Waals surface area contributed by atoms with E-state index in [1.165, 1.54) is 22.3 Å². The number of ether oxygens (including phenoxy) is 1. The molecule has 0 fully saturated rings. The lowest BCUT2D eigenvalue weighted by molar-refractivity contribution is 0.162. The Hall–Kier alpha value is -3.37. The van der Waals surface area contributed by atoms with Gasteiger partial charge in [0, 0.05) is 25.6 Å². The van der Waals surface area contributed by atoms with Crippen molar-refractivity contribution >= 4 is 18.2 Å². The van der Waals surface area contributed by atoms with Crippen molar-refractivity contribution in [1.29, 1.82) is 0 Å². The SMILES string of the molecule is CNC(C)c1cccc(OC(=O)N(C)CCCC2c3ccccc3C=Cc3ccccc32)c1. The van der Waals surface area contributed by atoms with E-state index in [1.54, 1.807) is 11.9 Å². The van der Waals surface area contributed by atoms with E-state index in [2.05, 4.69) is 72.9 Å². The van der Waals surface area contributed by atoms with Gasteiger partial charge in [-0.2, -0.15) is 0 Å². The number of hydrogen-bond donors (Lipinski definition) is 1. The molecule has 3 aromatic rings. The minimum Gasteiger partial charge on any atom is -0.410 e. The van der Waals surface area contributed by atoms with Crippen LogP contribution in [0.25, 0.3) is 12.2 Å². The summed E-state index contributed by atoms with van der Waals surface area (Å²) in [5, 5.41) is 3.21. The monoisotopic (exact) mass is 440 g/mol. The molecule has 1 N–H and O–H groups in total. The zero-order valence-corrected chi connectivity index (χ0v) is 19.6. The fourth-order valence-corrected chi connectivity index (χ4v) is 4.43. The quantitative estimate of drug-likeness (QED) is 0.456. The number of benzene rings is 3. The van der Waals surface area contributed by atoms with Crippen LogP contribution in [0.4, 0.5) is 4.79 Å². The van der Waals surface area contributed by atoms with Gasteiger partial charge in [0.25, 0.3) is 0 Å². The molecule has 4 heteroatoms. The van der Waals surface area contributed by atoms with Crippen LogP contribution in [0.3, 0.4) is 0 Å². The maximum absolute atomic E-state index is 12.7. The zero-order chi connectivity index (χ0) is 23.2. The van der Waals surface area contributed by atoms with Crippen molar-refractivity contribution in [3.8, 4) is 5.75 Å². The van der Waals surface area contributed by atoms with Crippen molar-refractivity contribution in [3.63, 3.8) is 0 Å². The first-order chi connectivity index (χ1) is 16.1. The molecule has 1 atom stereocenters. The second-order valence-electron chi connectivity index (χ2n) is 8.66. The average Bonchev–Trinajstić information content (AvgIpc) is 3.01. The summed E-state index contributed by atoms with van der Waals surface area (Å²) in [5.74, 6) is 0.876. The van der Waals surface area contributed by atoms with Gasteiger partial charge in [-0.05, 0) is 66.8 Å². The summed E-state index contributed by atoms with van der Waals surface area (Å²) in [5.41, 5.74) is 6.31. The Bertz CT molecular complexity index is 1090. The first-order valence-electron chi connectivity index (χ1n) is 11.6. The minimum atomic E-state index is -0.326. The summed E-state index contributed by atoms with van der Waals surface area (Å²) in [7, 11) is 3.72. The molecule has 33 heavy (non-hydrogen) atoms. The zero-order valence-electron chi connectivity index (χ0n) is 19.6. The van der Waals surface area contributed by atoms with Crippen molar-refractivity contribution in [1.82, 2.24) is 10.2 Å². The largest absolute Gasteiger partial charge is 0.414 e. The minimum absolute atomic E-state index is 0.196. The molecule has 0 aliphatic heterocycles. The smallest absolute Gasteiger partial charge is 0.410 e. The van der Waals surface area contributed by atoms with Crippen molar-refractivity contribution in [2.45, 2.75) is 31.7 Å². The van der Waals surface area contributed by atoms with E-state index in [4.69, 9.17) is 4.74 Å². The fraction of sp³-hybridized carbons (Fsp3) is 0.276. The number of nitrogens with one attached hydrogen (secondary N) is 1. The maximum atomic E-state index is 12.7. The van der Waals surface area contributed by atoms with E-state index in [0.29, 0.717) is 18.2 Å². The summed E-state index contributed by atoms with van der Waals surface area (Å²) in [6.45, 7) is 2.71. The molecule has 1 amide bonds. The predicted octanol–water partition coefficient (Wildman–Crippen LogP) is 6.49. The van der Waals surface area contributed by atoms with Crippen molar-refractivity contribution in [3.05, 3.63) is 101 Å². The van der Waals surface area contributed by atoms with Gasteiger partial charge in [0.05, 0.1) is 0 Å². The van der Waals surface area contributed by atoms with Gasteiger partial charge >= 0.3 is 6.09 Å². The van der Waals surface area contributed by atoms with Crippen LogP contribution in [-0.2, 0) is 0 Å². The number of hydrogen-bond acceptors (Lipinski definition) is 3. The average molecular weight is 441 g/mol. The van der Waals surface area contributed by atoms with Gasteiger partial charge in [0.2, 0.25) is 0 Å². The molecule has 0 saturated heterocycles. The molecule has 0 heterocycles. The Labute approximate surface area is 196 Å². The molecule has 4 nitrogen and oxygen atoms in total. The van der Waals surface area contributed by atoms with Gasteiger partial charge in [-0.3, -0.25) is 0 Å². The molecule has 3 aromatic carbocycles. The van der Waals surface area contributed by atoms with E-state index in [9.17, 15) is 4.79 Å². The fourth-order valence-electron chi connectivity index (χ4n) is 4.43. The van der Waals surface area contributed by atoms with E-state index >= 15 is 0 Å². The van der Waals surface area contributed by atoms with Gasteiger partial charge in [-0.25, -0.2) is 4.79 Å². The van der Waals surface area contributed by atoms with E-state index in [0.717, 1.165) is 18.4 Å². The second kappa shape index (κ2) is 10.5. The van der Waals surface area contributed by atoms with Gasteiger partial charge in [-0.15, -0.1) is 0 Å². The van der Waals surface area contributed by atoms with Gasteiger partial charge in [-0.1, -0.05) is 72.8 Å². The highest BCUT2D eigenvalue weighted by molar-refractivity contribution is 5.76. The summed E-state index contributed by atoms with van der Waals surface area (Å²) in [6, 6.07) is 25.1. The predicted molar refractivity (Wildman–Crippen MR) is 135 cm³/mol. The third kappa shape index (κ3) is 5.35. The van der Waals surface area contributed by atoms with Crippen LogP contribution in [0.2, 0.25) is 0 Å². The van der Waals surface area contributed by atoms with Crippen LogP contribution in [0.15, 0.2) is 72.8 Å². The topological polar surface area (TPSA) is 41.6 Å². The van der Waals surface area contributed by atoms with Crippen LogP contribution in [0, 0.1) is 0 Å². The lowest BCUT2D eigenvalue weighted by atomic mass is 9.84. The van der Waals surface area contributed by atoms with Crippen LogP contribution < -0.4 is 10.1 Å². The molecule has 0 spiro atoms. The first-order valence-corrected chi connectivity index (χ1v) is 11.6. The first kappa shape index (κ1) is 22.8. The highest BCUT2D eigenvalue weighted by atomic mass is 16.6. The van der Waals surface area contributed by atoms with E-state index in [-0.39, 0.29) is 12.1 Å². The molecular weight excluding hydrogens is 408 g/mol. The molecule has 4 rings (SSSR count). The molecule has 170 valence electrons. The lowest BCUT2D eigenvalue weighted by Gasteiger charge is -2.22. The van der Waals surface area contributed by atoms with Crippen molar-refractivity contribution in [2.24, 2.45) is 0 Å². The second-order valence-corrected chi connectivity index (χ2v) is 8.66. The number of carbonyl (C=O) groups is 1. The Morgan fingerprint density at radius 2 is 1.61 bits per heavy atom. The number of carbonyl (C=O) groups excluding carboxylic acids is 1. The third-order valence-electron chi connectivity index (χ3n) is 6.48. The number of fused-ring (bicyclic) bond motifs is 2.